The summed E-state index contributed by atoms with van der Waals surface area (Å²) in [6.07, 6.45) is 11.0. The first kappa shape index (κ1) is 18.6. The third kappa shape index (κ3) is 4.09. The molecule has 2 heterocycles. The van der Waals surface area contributed by atoms with Crippen LogP contribution in [0, 0.1) is 6.92 Å². The fraction of sp³-hybridized carbons (Fsp3) is 0.0833. The van der Waals surface area contributed by atoms with E-state index < -0.39 is 0 Å². The molecule has 0 amide bonds. The van der Waals surface area contributed by atoms with Crippen molar-refractivity contribution in [2.24, 2.45) is 0 Å². The third-order valence-corrected chi connectivity index (χ3v) is 4.93. The molecule has 2 atom stereocenters. The lowest BCUT2D eigenvalue weighted by Gasteiger charge is -2.20. The molecule has 0 saturated heterocycles. The topological polar surface area (TPSA) is 68.6 Å². The van der Waals surface area contributed by atoms with Crippen LogP contribution >= 0.6 is 0 Å². The van der Waals surface area contributed by atoms with E-state index in [0.29, 0.717) is 0 Å². The van der Waals surface area contributed by atoms with Gasteiger partial charge in [0.1, 0.15) is 6.29 Å². The molecule has 5 heteroatoms. The molecule has 1 radical (unpaired) electrons. The zero-order valence-corrected chi connectivity index (χ0v) is 15.7. The van der Waals surface area contributed by atoms with Gasteiger partial charge in [-0.2, -0.15) is 0 Å². The molecule has 0 fully saturated rings. The Morgan fingerprint density at radius 3 is 1.59 bits per heavy atom. The van der Waals surface area contributed by atoms with Crippen molar-refractivity contribution in [2.45, 2.75) is 11.8 Å². The van der Waals surface area contributed by atoms with E-state index in [9.17, 15) is 4.79 Å². The fourth-order valence-corrected chi connectivity index (χ4v) is 3.29. The number of hydrogen-bond acceptors (Lipinski definition) is 5. The second-order valence-electron chi connectivity index (χ2n) is 6.69. The van der Waals surface area contributed by atoms with Crippen molar-refractivity contribution >= 4 is 6.29 Å². The van der Waals surface area contributed by atoms with Gasteiger partial charge in [0, 0.05) is 41.8 Å². The number of carbonyl (C=O) groups is 1. The quantitative estimate of drug-likeness (QED) is 0.461. The Hall–Kier alpha value is -3.73. The van der Waals surface area contributed by atoms with E-state index in [4.69, 9.17) is 0 Å². The largest absolute Gasteiger partial charge is 0.303 e. The predicted octanol–water partition coefficient (Wildman–Crippen LogP) is 4.50. The van der Waals surface area contributed by atoms with E-state index in [1.165, 1.54) is 0 Å². The van der Waals surface area contributed by atoms with Crippen LogP contribution < -0.4 is 0 Å². The van der Waals surface area contributed by atoms with Crippen molar-refractivity contribution in [3.8, 4) is 22.5 Å². The van der Waals surface area contributed by atoms with Crippen LogP contribution in [0.3, 0.4) is 0 Å². The molecular weight excluding hydrogens is 360 g/mol. The molecule has 141 valence electrons. The summed E-state index contributed by atoms with van der Waals surface area (Å²) in [5, 5.41) is 0. The normalized spacial score (nSPS) is 12.9. The first-order valence-electron chi connectivity index (χ1n) is 9.27. The van der Waals surface area contributed by atoms with Gasteiger partial charge in [0.2, 0.25) is 0 Å². The van der Waals surface area contributed by atoms with Gasteiger partial charge >= 0.3 is 0 Å². The van der Waals surface area contributed by atoms with Crippen molar-refractivity contribution in [1.29, 1.82) is 0 Å². The van der Waals surface area contributed by atoms with Crippen LogP contribution in [0.5, 0.6) is 0 Å². The number of nitrogens with zero attached hydrogens (tertiary/aromatic N) is 4. The minimum atomic E-state index is -0.340. The summed E-state index contributed by atoms with van der Waals surface area (Å²) < 4.78 is 0. The van der Waals surface area contributed by atoms with Gasteiger partial charge in [-0.3, -0.25) is 19.9 Å². The number of aldehydes is 1. The highest BCUT2D eigenvalue weighted by Gasteiger charge is 2.21. The molecule has 2 unspecified atom stereocenters. The summed E-state index contributed by atoms with van der Waals surface area (Å²) >= 11 is 0. The molecule has 4 rings (SSSR count). The lowest BCUT2D eigenvalue weighted by molar-refractivity contribution is -0.109. The van der Waals surface area contributed by atoms with Crippen LogP contribution in [0.4, 0.5) is 0 Å². The number of aromatic nitrogens is 4. The predicted molar refractivity (Wildman–Crippen MR) is 112 cm³/mol. The molecule has 0 N–H and O–H groups in total. The van der Waals surface area contributed by atoms with Crippen LogP contribution in [-0.4, -0.2) is 26.2 Å². The monoisotopic (exact) mass is 379 g/mol. The van der Waals surface area contributed by atoms with E-state index >= 15 is 0 Å². The van der Waals surface area contributed by atoms with Crippen LogP contribution in [0.1, 0.15) is 23.0 Å². The van der Waals surface area contributed by atoms with Gasteiger partial charge in [-0.05, 0) is 24.0 Å². The Morgan fingerprint density at radius 1 is 0.690 bits per heavy atom. The van der Waals surface area contributed by atoms with Gasteiger partial charge < -0.3 is 4.79 Å². The van der Waals surface area contributed by atoms with Gasteiger partial charge in [0.05, 0.1) is 23.8 Å². The molecule has 0 aliphatic heterocycles. The molecule has 0 aliphatic rings. The van der Waals surface area contributed by atoms with E-state index in [1.54, 1.807) is 37.2 Å². The van der Waals surface area contributed by atoms with Gasteiger partial charge in [-0.15, -0.1) is 0 Å². The van der Waals surface area contributed by atoms with Crippen LogP contribution in [-0.2, 0) is 4.79 Å². The Morgan fingerprint density at radius 2 is 1.17 bits per heavy atom. The van der Waals surface area contributed by atoms with Crippen molar-refractivity contribution in [1.82, 2.24) is 19.9 Å². The molecule has 0 aliphatic carbocycles. The summed E-state index contributed by atoms with van der Waals surface area (Å²) in [6.45, 7) is 4.26. The van der Waals surface area contributed by atoms with E-state index in [0.717, 1.165) is 39.9 Å². The highest BCUT2D eigenvalue weighted by molar-refractivity contribution is 5.67. The summed E-state index contributed by atoms with van der Waals surface area (Å²) in [7, 11) is 0. The Bertz CT molecular complexity index is 1070. The van der Waals surface area contributed by atoms with Crippen LogP contribution in [0.25, 0.3) is 22.5 Å². The molecule has 29 heavy (non-hydrogen) atoms. The Kier molecular flexibility index (Phi) is 5.47. The second kappa shape index (κ2) is 8.52. The van der Waals surface area contributed by atoms with Crippen molar-refractivity contribution in [3.05, 3.63) is 104 Å². The highest BCUT2D eigenvalue weighted by Crippen LogP contribution is 2.32. The molecule has 0 spiro atoms. The Balaban J connectivity index is 1.55. The first-order chi connectivity index (χ1) is 14.3. The van der Waals surface area contributed by atoms with Crippen molar-refractivity contribution in [2.75, 3.05) is 0 Å². The molecule has 0 bridgehead atoms. The lowest BCUT2D eigenvalue weighted by atomic mass is 9.83. The van der Waals surface area contributed by atoms with Gasteiger partial charge in [-0.25, -0.2) is 0 Å². The number of rotatable bonds is 6. The summed E-state index contributed by atoms with van der Waals surface area (Å²) in [4.78, 5) is 28.7. The highest BCUT2D eigenvalue weighted by atomic mass is 16.1. The summed E-state index contributed by atoms with van der Waals surface area (Å²) in [5.74, 6) is -0.543. The second-order valence-corrected chi connectivity index (χ2v) is 6.69. The molecule has 0 saturated carbocycles. The molecule has 2 aromatic heterocycles. The molecule has 2 aromatic carbocycles. The molecule has 5 nitrogen and oxygen atoms in total. The van der Waals surface area contributed by atoms with E-state index in [2.05, 4.69) is 26.9 Å². The van der Waals surface area contributed by atoms with E-state index in [1.807, 2.05) is 48.5 Å². The SMILES string of the molecule is [CH2]C(c1ccc(-c2cnccn2)cc1)C(C=O)c1ccc(-c2cnccn2)cc1. The maximum atomic E-state index is 11.9. The van der Waals surface area contributed by atoms with E-state index in [-0.39, 0.29) is 11.8 Å². The first-order valence-corrected chi connectivity index (χ1v) is 9.27. The maximum absolute atomic E-state index is 11.9. The number of benzene rings is 2. The van der Waals surface area contributed by atoms with Gasteiger partial charge in [-0.1, -0.05) is 48.5 Å². The smallest absolute Gasteiger partial charge is 0.128 e. The van der Waals surface area contributed by atoms with Gasteiger partial charge in [0.25, 0.3) is 0 Å². The average Bonchev–Trinajstić information content (AvgIpc) is 2.81. The van der Waals surface area contributed by atoms with Crippen molar-refractivity contribution in [3.63, 3.8) is 0 Å². The van der Waals surface area contributed by atoms with Crippen LogP contribution in [0.15, 0.2) is 85.7 Å². The maximum Gasteiger partial charge on any atom is 0.128 e. The Labute approximate surface area is 169 Å². The fourth-order valence-electron chi connectivity index (χ4n) is 3.29. The van der Waals surface area contributed by atoms with Crippen molar-refractivity contribution < 1.29 is 4.79 Å². The number of hydrogen-bond donors (Lipinski definition) is 0. The third-order valence-electron chi connectivity index (χ3n) is 4.93. The van der Waals surface area contributed by atoms with Gasteiger partial charge in [0.15, 0.2) is 0 Å². The summed E-state index contributed by atoms with van der Waals surface area (Å²) in [6, 6.07) is 15.8. The molecular formula is C24H19N4O. The summed E-state index contributed by atoms with van der Waals surface area (Å²) in [5.41, 5.74) is 5.46. The minimum Gasteiger partial charge on any atom is -0.303 e. The molecule has 4 aromatic rings. The standard InChI is InChI=1S/C24H19N4O/c1-17(18-2-6-20(7-3-18)23-14-25-10-12-27-23)22(16-29)19-4-8-21(9-5-19)24-15-26-11-13-28-24/h2-17,22H,1H2. The van der Waals surface area contributed by atoms with Crippen LogP contribution in [0.2, 0.25) is 0 Å². The zero-order valence-electron chi connectivity index (χ0n) is 15.7. The lowest BCUT2D eigenvalue weighted by Crippen LogP contribution is -2.10. The minimum absolute atomic E-state index is 0.203. The zero-order chi connectivity index (χ0) is 20.1. The average molecular weight is 379 g/mol. The number of carbonyl (C=O) groups excluding carboxylic acids is 1.